The molecule has 0 bridgehead atoms. The van der Waals surface area contributed by atoms with E-state index < -0.39 is 23.6 Å². The molecule has 0 saturated heterocycles. The molecule has 0 saturated carbocycles. The van der Waals surface area contributed by atoms with Crippen LogP contribution in [-0.4, -0.2) is 19.0 Å². The fourth-order valence-corrected chi connectivity index (χ4v) is 3.46. The third kappa shape index (κ3) is 5.84. The maximum atomic E-state index is 12.8. The van der Waals surface area contributed by atoms with Crippen LogP contribution in [-0.2, 0) is 32.5 Å². The van der Waals surface area contributed by atoms with Crippen LogP contribution >= 0.6 is 0 Å². The van der Waals surface area contributed by atoms with E-state index in [1.807, 2.05) is 24.3 Å². The molecule has 7 heteroatoms. The Morgan fingerprint density at radius 2 is 1.24 bits per heavy atom. The first-order valence-electron chi connectivity index (χ1n) is 10.7. The quantitative estimate of drug-likeness (QED) is 0.329. The maximum absolute atomic E-state index is 12.8. The number of nitrogens with zero attached hydrogens (tertiary/aromatic N) is 1. The van der Waals surface area contributed by atoms with E-state index >= 15 is 0 Å². The molecule has 0 aliphatic carbocycles. The van der Waals surface area contributed by atoms with Crippen LogP contribution in [0.1, 0.15) is 37.5 Å². The SMILES string of the molecule is COC(=O)C(=O)N(Cc1ccc(C(C)(C)C)cc1)c1ccc(-c2ccc(C(F)(F)F)cc2)cc1. The fraction of sp³-hybridized carbons (Fsp3) is 0.259. The van der Waals surface area contributed by atoms with Crippen molar-refractivity contribution >= 4 is 17.6 Å². The number of carbonyl (C=O) groups excluding carboxylic acids is 2. The molecular weight excluding hydrogens is 443 g/mol. The average molecular weight is 470 g/mol. The van der Waals surface area contributed by atoms with Gasteiger partial charge in [-0.3, -0.25) is 9.69 Å². The van der Waals surface area contributed by atoms with Gasteiger partial charge in [0.2, 0.25) is 0 Å². The van der Waals surface area contributed by atoms with Crippen molar-refractivity contribution in [3.8, 4) is 11.1 Å². The van der Waals surface area contributed by atoms with E-state index in [1.165, 1.54) is 17.0 Å². The normalized spacial score (nSPS) is 11.7. The van der Waals surface area contributed by atoms with Gasteiger partial charge in [-0.05, 0) is 51.9 Å². The summed E-state index contributed by atoms with van der Waals surface area (Å²) >= 11 is 0. The summed E-state index contributed by atoms with van der Waals surface area (Å²) in [5, 5.41) is 0. The molecule has 0 spiro atoms. The van der Waals surface area contributed by atoms with Gasteiger partial charge in [-0.2, -0.15) is 13.2 Å². The maximum Gasteiger partial charge on any atom is 0.416 e. The van der Waals surface area contributed by atoms with E-state index in [1.54, 1.807) is 24.3 Å². The van der Waals surface area contributed by atoms with E-state index in [0.717, 1.165) is 30.4 Å². The standard InChI is InChI=1S/C27H26F3NO3/c1-26(2,3)21-11-5-18(6-12-21)17-31(24(32)25(33)34-4)23-15-9-20(10-16-23)19-7-13-22(14-8-19)27(28,29)30/h5-16H,17H2,1-4H3. The Labute approximate surface area is 197 Å². The predicted octanol–water partition coefficient (Wildman–Crippen LogP) is 6.38. The Morgan fingerprint density at radius 1 is 0.765 bits per heavy atom. The molecule has 34 heavy (non-hydrogen) atoms. The van der Waals surface area contributed by atoms with Gasteiger partial charge in [0.1, 0.15) is 0 Å². The molecule has 4 nitrogen and oxygen atoms in total. The van der Waals surface area contributed by atoms with Crippen molar-refractivity contribution in [3.05, 3.63) is 89.5 Å². The molecule has 0 radical (unpaired) electrons. The molecule has 0 aromatic heterocycles. The van der Waals surface area contributed by atoms with Crippen molar-refractivity contribution in [1.82, 2.24) is 0 Å². The molecule has 3 aromatic carbocycles. The number of hydrogen-bond acceptors (Lipinski definition) is 3. The summed E-state index contributed by atoms with van der Waals surface area (Å²) in [5.41, 5.74) is 2.97. The van der Waals surface area contributed by atoms with E-state index in [4.69, 9.17) is 0 Å². The van der Waals surface area contributed by atoms with Crippen molar-refractivity contribution in [3.63, 3.8) is 0 Å². The number of hydrogen-bond donors (Lipinski definition) is 0. The Bertz CT molecular complexity index is 1140. The van der Waals surface area contributed by atoms with Crippen LogP contribution in [0, 0.1) is 0 Å². The Kier molecular flexibility index (Phi) is 7.15. The summed E-state index contributed by atoms with van der Waals surface area (Å²) < 4.78 is 43.1. The fourth-order valence-electron chi connectivity index (χ4n) is 3.46. The third-order valence-electron chi connectivity index (χ3n) is 5.49. The average Bonchev–Trinajstić information content (AvgIpc) is 2.81. The molecule has 0 fully saturated rings. The van der Waals surface area contributed by atoms with Gasteiger partial charge in [-0.1, -0.05) is 69.3 Å². The van der Waals surface area contributed by atoms with Crippen molar-refractivity contribution in [1.29, 1.82) is 0 Å². The second-order valence-corrected chi connectivity index (χ2v) is 8.95. The minimum absolute atomic E-state index is 0.0197. The first-order valence-corrected chi connectivity index (χ1v) is 10.7. The summed E-state index contributed by atoms with van der Waals surface area (Å²) in [4.78, 5) is 26.0. The molecule has 0 unspecified atom stereocenters. The number of anilines is 1. The number of ether oxygens (including phenoxy) is 1. The lowest BCUT2D eigenvalue weighted by atomic mass is 9.87. The van der Waals surface area contributed by atoms with Crippen molar-refractivity contribution < 1.29 is 27.5 Å². The Hall–Kier alpha value is -3.61. The highest BCUT2D eigenvalue weighted by molar-refractivity contribution is 6.38. The summed E-state index contributed by atoms with van der Waals surface area (Å²) in [6, 6.07) is 19.3. The lowest BCUT2D eigenvalue weighted by Gasteiger charge is -2.23. The molecule has 3 aromatic rings. The molecule has 0 aliphatic rings. The number of benzene rings is 3. The number of methoxy groups -OCH3 is 1. The monoisotopic (exact) mass is 469 g/mol. The van der Waals surface area contributed by atoms with Crippen LogP contribution in [0.25, 0.3) is 11.1 Å². The van der Waals surface area contributed by atoms with Crippen LogP contribution in [0.4, 0.5) is 18.9 Å². The second kappa shape index (κ2) is 9.71. The number of alkyl halides is 3. The van der Waals surface area contributed by atoms with Crippen LogP contribution in [0.5, 0.6) is 0 Å². The van der Waals surface area contributed by atoms with Gasteiger partial charge in [0.25, 0.3) is 0 Å². The van der Waals surface area contributed by atoms with Crippen LogP contribution in [0.3, 0.4) is 0 Å². The van der Waals surface area contributed by atoms with E-state index in [0.29, 0.717) is 16.8 Å². The van der Waals surface area contributed by atoms with Gasteiger partial charge in [0.15, 0.2) is 0 Å². The highest BCUT2D eigenvalue weighted by Gasteiger charge is 2.30. The van der Waals surface area contributed by atoms with Gasteiger partial charge >= 0.3 is 18.1 Å². The van der Waals surface area contributed by atoms with E-state index in [-0.39, 0.29) is 12.0 Å². The topological polar surface area (TPSA) is 46.6 Å². The van der Waals surface area contributed by atoms with Crippen molar-refractivity contribution in [2.45, 2.75) is 38.9 Å². The van der Waals surface area contributed by atoms with E-state index in [9.17, 15) is 22.8 Å². The van der Waals surface area contributed by atoms with Gasteiger partial charge in [0, 0.05) is 5.69 Å². The second-order valence-electron chi connectivity index (χ2n) is 8.95. The number of amides is 1. The van der Waals surface area contributed by atoms with Crippen molar-refractivity contribution in [2.24, 2.45) is 0 Å². The highest BCUT2D eigenvalue weighted by Crippen LogP contribution is 2.32. The molecule has 0 heterocycles. The number of halogens is 3. The Balaban J connectivity index is 1.88. The minimum Gasteiger partial charge on any atom is -0.462 e. The van der Waals surface area contributed by atoms with Gasteiger partial charge in [0.05, 0.1) is 19.2 Å². The molecule has 178 valence electrons. The predicted molar refractivity (Wildman–Crippen MR) is 125 cm³/mol. The molecule has 0 N–H and O–H groups in total. The zero-order valence-corrected chi connectivity index (χ0v) is 19.4. The molecule has 3 rings (SSSR count). The number of esters is 1. The van der Waals surface area contributed by atoms with Gasteiger partial charge < -0.3 is 4.74 Å². The summed E-state index contributed by atoms with van der Waals surface area (Å²) in [7, 11) is 1.14. The zero-order chi connectivity index (χ0) is 25.1. The largest absolute Gasteiger partial charge is 0.462 e. The van der Waals surface area contributed by atoms with Gasteiger partial charge in [-0.15, -0.1) is 0 Å². The smallest absolute Gasteiger partial charge is 0.416 e. The van der Waals surface area contributed by atoms with Crippen LogP contribution in [0.2, 0.25) is 0 Å². The molecular formula is C27H26F3NO3. The molecule has 0 aliphatic heterocycles. The van der Waals surface area contributed by atoms with Crippen LogP contribution in [0.15, 0.2) is 72.8 Å². The summed E-state index contributed by atoms with van der Waals surface area (Å²) in [6.07, 6.45) is -4.40. The number of carbonyl (C=O) groups is 2. The number of rotatable bonds is 4. The summed E-state index contributed by atoms with van der Waals surface area (Å²) in [6.45, 7) is 6.46. The minimum atomic E-state index is -4.40. The molecule has 0 atom stereocenters. The lowest BCUT2D eigenvalue weighted by Crippen LogP contribution is -2.36. The van der Waals surface area contributed by atoms with Crippen molar-refractivity contribution in [2.75, 3.05) is 12.0 Å². The third-order valence-corrected chi connectivity index (χ3v) is 5.49. The first kappa shape index (κ1) is 25.0. The van der Waals surface area contributed by atoms with Gasteiger partial charge in [-0.25, -0.2) is 4.79 Å². The molecule has 1 amide bonds. The van der Waals surface area contributed by atoms with E-state index in [2.05, 4.69) is 25.5 Å². The summed E-state index contributed by atoms with van der Waals surface area (Å²) in [5.74, 6) is -1.80. The highest BCUT2D eigenvalue weighted by atomic mass is 19.4. The lowest BCUT2D eigenvalue weighted by molar-refractivity contribution is -0.151. The van der Waals surface area contributed by atoms with Crippen LogP contribution < -0.4 is 4.90 Å². The first-order chi connectivity index (χ1) is 15.9. The Morgan fingerprint density at radius 3 is 1.68 bits per heavy atom. The zero-order valence-electron chi connectivity index (χ0n) is 19.4.